The van der Waals surface area contributed by atoms with Crippen LogP contribution in [0, 0.1) is 0 Å². The molecule has 8 heteroatoms. The number of rotatable bonds is 5. The van der Waals surface area contributed by atoms with Crippen molar-refractivity contribution < 1.29 is 23.4 Å². The first kappa shape index (κ1) is 18.6. The zero-order chi connectivity index (χ0) is 19.5. The van der Waals surface area contributed by atoms with E-state index in [9.17, 15) is 4.79 Å². The number of carbonyl (C=O) groups excluding carboxylic acids is 1. The number of furan rings is 1. The number of carbonyl (C=O) groups is 1. The molecule has 2 aromatic heterocycles. The van der Waals surface area contributed by atoms with Gasteiger partial charge in [0.2, 0.25) is 0 Å². The van der Waals surface area contributed by atoms with Gasteiger partial charge in [0.1, 0.15) is 24.0 Å². The minimum absolute atomic E-state index is 0.178. The molecule has 7 nitrogen and oxygen atoms in total. The molecule has 0 spiro atoms. The van der Waals surface area contributed by atoms with Gasteiger partial charge in [-0.3, -0.25) is 4.79 Å². The molecule has 1 fully saturated rings. The molecule has 28 heavy (non-hydrogen) atoms. The molecule has 0 N–H and O–H groups in total. The zero-order valence-electron chi connectivity index (χ0n) is 15.3. The van der Waals surface area contributed by atoms with Gasteiger partial charge in [-0.25, -0.2) is 4.98 Å². The van der Waals surface area contributed by atoms with Crippen molar-refractivity contribution in [1.82, 2.24) is 9.88 Å². The van der Waals surface area contributed by atoms with E-state index >= 15 is 0 Å². The maximum absolute atomic E-state index is 12.9. The average molecular weight is 403 g/mol. The third-order valence-electron chi connectivity index (χ3n) is 4.51. The number of methoxy groups -OCH3 is 1. The van der Waals surface area contributed by atoms with Crippen molar-refractivity contribution in [3.63, 3.8) is 0 Å². The van der Waals surface area contributed by atoms with Crippen LogP contribution in [0.25, 0.3) is 11.0 Å². The average Bonchev–Trinajstić information content (AvgIpc) is 3.16. The van der Waals surface area contributed by atoms with Crippen LogP contribution in [0.4, 0.5) is 0 Å². The summed E-state index contributed by atoms with van der Waals surface area (Å²) in [5.41, 5.74) is 0.642. The number of amides is 1. The van der Waals surface area contributed by atoms with Crippen molar-refractivity contribution in [2.45, 2.75) is 6.10 Å². The van der Waals surface area contributed by atoms with E-state index < -0.39 is 0 Å². The number of hydrogen-bond acceptors (Lipinski definition) is 6. The molecule has 0 saturated carbocycles. The van der Waals surface area contributed by atoms with Gasteiger partial charge in [0, 0.05) is 18.1 Å². The normalized spacial score (nSPS) is 16.9. The van der Waals surface area contributed by atoms with Gasteiger partial charge in [0.05, 0.1) is 20.3 Å². The molecular formula is C20H19ClN2O5. The van der Waals surface area contributed by atoms with Gasteiger partial charge >= 0.3 is 0 Å². The van der Waals surface area contributed by atoms with E-state index in [4.69, 9.17) is 30.2 Å². The molecule has 1 saturated heterocycles. The van der Waals surface area contributed by atoms with Crippen molar-refractivity contribution in [2.24, 2.45) is 0 Å². The Hall–Kier alpha value is -2.77. The minimum Gasteiger partial charge on any atom is -0.497 e. The van der Waals surface area contributed by atoms with Gasteiger partial charge < -0.3 is 23.5 Å². The summed E-state index contributed by atoms with van der Waals surface area (Å²) in [5, 5.41) is 1.12. The second-order valence-electron chi connectivity index (χ2n) is 6.36. The van der Waals surface area contributed by atoms with Crippen molar-refractivity contribution in [3.8, 4) is 11.5 Å². The van der Waals surface area contributed by atoms with E-state index in [2.05, 4.69) is 4.98 Å². The van der Waals surface area contributed by atoms with Gasteiger partial charge in [-0.15, -0.1) is 0 Å². The topological polar surface area (TPSA) is 74.0 Å². The fourth-order valence-corrected chi connectivity index (χ4v) is 3.25. The monoisotopic (exact) mass is 402 g/mol. The Kier molecular flexibility index (Phi) is 5.36. The summed E-state index contributed by atoms with van der Waals surface area (Å²) in [5.74, 6) is 1.32. The lowest BCUT2D eigenvalue weighted by Crippen LogP contribution is -2.47. The fourth-order valence-electron chi connectivity index (χ4n) is 3.08. The second-order valence-corrected chi connectivity index (χ2v) is 6.72. The van der Waals surface area contributed by atoms with E-state index in [-0.39, 0.29) is 18.6 Å². The molecule has 146 valence electrons. The first-order valence-corrected chi connectivity index (χ1v) is 9.23. The third kappa shape index (κ3) is 3.90. The zero-order valence-corrected chi connectivity index (χ0v) is 16.0. The summed E-state index contributed by atoms with van der Waals surface area (Å²) in [6.07, 6.45) is 1.33. The lowest BCUT2D eigenvalue weighted by Gasteiger charge is -2.32. The summed E-state index contributed by atoms with van der Waals surface area (Å²) in [4.78, 5) is 18.5. The largest absolute Gasteiger partial charge is 0.497 e. The van der Waals surface area contributed by atoms with Gasteiger partial charge in [-0.1, -0.05) is 11.6 Å². The number of aromatic nitrogens is 1. The highest BCUT2D eigenvalue weighted by atomic mass is 35.5. The van der Waals surface area contributed by atoms with Gasteiger partial charge in [0.25, 0.3) is 5.91 Å². The number of halogens is 1. The van der Waals surface area contributed by atoms with Crippen molar-refractivity contribution in [2.75, 3.05) is 33.4 Å². The van der Waals surface area contributed by atoms with Crippen molar-refractivity contribution in [1.29, 1.82) is 0 Å². The summed E-state index contributed by atoms with van der Waals surface area (Å²) in [6, 6.07) is 10.6. The minimum atomic E-state index is -0.265. The van der Waals surface area contributed by atoms with Crippen molar-refractivity contribution in [3.05, 3.63) is 53.5 Å². The molecule has 4 rings (SSSR count). The Bertz CT molecular complexity index is 990. The fraction of sp³-hybridized carbons (Fsp3) is 0.300. The standard InChI is InChI=1S/C20H19ClN2O5/c1-25-14-4-5-16-13(9-14)10-18(28-16)20(24)23-7-8-26-15(11-23)12-27-17-3-2-6-22-19(17)21/h2-6,9-10,15H,7-8,11-12H2,1H3. The molecule has 3 aromatic rings. The van der Waals surface area contributed by atoms with Crippen LogP contribution in [-0.4, -0.2) is 55.3 Å². The highest BCUT2D eigenvalue weighted by Crippen LogP contribution is 2.26. The first-order chi connectivity index (χ1) is 13.6. The van der Waals surface area contributed by atoms with Gasteiger partial charge in [-0.2, -0.15) is 0 Å². The molecule has 0 aliphatic carbocycles. The smallest absolute Gasteiger partial charge is 0.289 e. The Balaban J connectivity index is 1.42. The van der Waals surface area contributed by atoms with Crippen LogP contribution >= 0.6 is 11.6 Å². The number of pyridine rings is 1. The molecule has 1 unspecified atom stereocenters. The molecular weight excluding hydrogens is 384 g/mol. The van der Waals surface area contributed by atoms with E-state index in [1.807, 2.05) is 6.07 Å². The van der Waals surface area contributed by atoms with E-state index in [1.54, 1.807) is 48.5 Å². The number of benzene rings is 1. The van der Waals surface area contributed by atoms with Crippen LogP contribution in [0.3, 0.4) is 0 Å². The maximum Gasteiger partial charge on any atom is 0.289 e. The van der Waals surface area contributed by atoms with Crippen LogP contribution in [-0.2, 0) is 4.74 Å². The molecule has 1 aliphatic rings. The summed E-state index contributed by atoms with van der Waals surface area (Å²) >= 11 is 6.00. The predicted molar refractivity (Wildman–Crippen MR) is 103 cm³/mol. The Morgan fingerprint density at radius 3 is 3.07 bits per heavy atom. The Labute approximate surface area is 166 Å². The van der Waals surface area contributed by atoms with Gasteiger partial charge in [-0.05, 0) is 36.4 Å². The van der Waals surface area contributed by atoms with Crippen LogP contribution in [0.5, 0.6) is 11.5 Å². The molecule has 1 amide bonds. The maximum atomic E-state index is 12.9. The predicted octanol–water partition coefficient (Wildman–Crippen LogP) is 3.41. The molecule has 0 radical (unpaired) electrons. The van der Waals surface area contributed by atoms with E-state index in [1.165, 1.54) is 0 Å². The van der Waals surface area contributed by atoms with Crippen LogP contribution in [0.15, 0.2) is 47.0 Å². The van der Waals surface area contributed by atoms with Crippen molar-refractivity contribution >= 4 is 28.5 Å². The lowest BCUT2D eigenvalue weighted by atomic mass is 10.2. The molecule has 3 heterocycles. The summed E-state index contributed by atoms with van der Waals surface area (Å²) in [6.45, 7) is 1.58. The SMILES string of the molecule is COc1ccc2oc(C(=O)N3CCOC(COc4cccnc4Cl)C3)cc2c1. The number of ether oxygens (including phenoxy) is 3. The summed E-state index contributed by atoms with van der Waals surface area (Å²) < 4.78 is 22.3. The molecule has 1 aromatic carbocycles. The molecule has 0 bridgehead atoms. The van der Waals surface area contributed by atoms with Gasteiger partial charge in [0.15, 0.2) is 16.7 Å². The quantitative estimate of drug-likeness (QED) is 0.609. The van der Waals surface area contributed by atoms with E-state index in [0.29, 0.717) is 47.7 Å². The Morgan fingerprint density at radius 2 is 2.25 bits per heavy atom. The van der Waals surface area contributed by atoms with Crippen LogP contribution < -0.4 is 9.47 Å². The number of fused-ring (bicyclic) bond motifs is 1. The number of nitrogens with zero attached hydrogens (tertiary/aromatic N) is 2. The third-order valence-corrected chi connectivity index (χ3v) is 4.79. The van der Waals surface area contributed by atoms with Crippen LogP contribution in [0.2, 0.25) is 5.15 Å². The highest BCUT2D eigenvalue weighted by molar-refractivity contribution is 6.30. The Morgan fingerprint density at radius 1 is 1.36 bits per heavy atom. The first-order valence-electron chi connectivity index (χ1n) is 8.86. The summed E-state index contributed by atoms with van der Waals surface area (Å²) in [7, 11) is 1.60. The molecule has 1 atom stereocenters. The van der Waals surface area contributed by atoms with E-state index in [0.717, 1.165) is 5.39 Å². The lowest BCUT2D eigenvalue weighted by molar-refractivity contribution is -0.0408. The number of morpholine rings is 1. The second kappa shape index (κ2) is 8.08. The van der Waals surface area contributed by atoms with Crippen LogP contribution in [0.1, 0.15) is 10.6 Å². The number of hydrogen-bond donors (Lipinski definition) is 0. The highest BCUT2D eigenvalue weighted by Gasteiger charge is 2.27. The molecule has 1 aliphatic heterocycles.